The average Bonchev–Trinajstić information content (AvgIpc) is 4.13. The number of para-hydroxylation sites is 1. The standard InChI is InChI=1S/C14H15N3.C13H16N2.C12H15N3.C6H5NO2.C5H12O2.2C3H7.2CH4/c1-14(2)11-8-10(9-15)4-5-12(11)17-7-6-16(3)13(14)17;1-13(2)10-6-4-5-7-11(10)15-9-8-14(3)12(13)15;1-12(2)9-8-13-5-4-10(9)15-7-6-14(3)11(12)15;8-6(9)5-3-1-2-4-7-5;1-4(6)3-5(2)7;2*1-3-2;;/h4-8,13H,1-3H3;4-9,12H,1-3H3;4-8,11H,1-3H3;1-4H,(H,8,9);4-7H,3H2,1-2H3;2*3H,1-2H3;2*1H4/q;;;;;2*-1;;. The van der Waals surface area contributed by atoms with Crippen LogP contribution in [-0.2, 0) is 16.2 Å². The molecule has 6 aliphatic rings. The van der Waals surface area contributed by atoms with Gasteiger partial charge in [0.25, 0.3) is 0 Å². The van der Waals surface area contributed by atoms with E-state index in [2.05, 4.69) is 182 Å². The van der Waals surface area contributed by atoms with Crippen molar-refractivity contribution in [3.63, 3.8) is 0 Å². The molecule has 2 aromatic heterocycles. The normalized spacial score (nSPS) is 20.0. The van der Waals surface area contributed by atoms with Gasteiger partial charge in [0, 0.05) is 116 Å². The Morgan fingerprint density at radius 2 is 1.06 bits per heavy atom. The van der Waals surface area contributed by atoms with Crippen LogP contribution in [0.15, 0.2) is 123 Å². The number of likely N-dealkylation sites (N-methyl/N-ethyl adjacent to an activating group) is 3. The van der Waals surface area contributed by atoms with Crippen LogP contribution < -0.4 is 14.7 Å². The lowest BCUT2D eigenvalue weighted by Gasteiger charge is -2.34. The molecule has 71 heavy (non-hydrogen) atoms. The molecule has 0 radical (unpaired) electrons. The monoisotopic (exact) mass is 972 g/mol. The Morgan fingerprint density at radius 3 is 1.46 bits per heavy atom. The Balaban J connectivity index is 0.000000302. The fourth-order valence-corrected chi connectivity index (χ4v) is 9.91. The van der Waals surface area contributed by atoms with Crippen LogP contribution in [0.2, 0.25) is 0 Å². The van der Waals surface area contributed by atoms with Crippen LogP contribution in [0.4, 0.5) is 17.1 Å². The predicted molar refractivity (Wildman–Crippen MR) is 294 cm³/mol. The van der Waals surface area contributed by atoms with Crippen molar-refractivity contribution in [3.8, 4) is 6.07 Å². The maximum Gasteiger partial charge on any atom is 0.354 e. The highest BCUT2D eigenvalue weighted by Gasteiger charge is 2.49. The van der Waals surface area contributed by atoms with Gasteiger partial charge in [-0.25, -0.2) is 9.78 Å². The first-order chi connectivity index (χ1) is 32.6. The zero-order chi connectivity index (χ0) is 51.4. The van der Waals surface area contributed by atoms with E-state index in [0.29, 0.717) is 24.9 Å². The molecule has 0 saturated heterocycles. The zero-order valence-electron chi connectivity index (χ0n) is 43.6. The molecule has 0 fully saturated rings. The quantitative estimate of drug-likeness (QED) is 0.168. The maximum absolute atomic E-state index is 10.1. The minimum atomic E-state index is -0.990. The Hall–Kier alpha value is -6.36. The summed E-state index contributed by atoms with van der Waals surface area (Å²) in [4.78, 5) is 31.7. The van der Waals surface area contributed by atoms with E-state index < -0.39 is 5.97 Å². The summed E-state index contributed by atoms with van der Waals surface area (Å²) in [7, 11) is 6.37. The molecule has 13 heteroatoms. The van der Waals surface area contributed by atoms with Crippen molar-refractivity contribution in [1.82, 2.24) is 24.7 Å². The molecule has 5 unspecified atom stereocenters. The minimum Gasteiger partial charge on any atom is -0.477 e. The molecule has 0 spiro atoms. The second-order valence-electron chi connectivity index (χ2n) is 19.8. The van der Waals surface area contributed by atoms with Crippen LogP contribution >= 0.6 is 0 Å². The van der Waals surface area contributed by atoms with Crippen LogP contribution in [-0.4, -0.2) is 97.8 Å². The second kappa shape index (κ2) is 26.2. The lowest BCUT2D eigenvalue weighted by atomic mass is 9.83. The summed E-state index contributed by atoms with van der Waals surface area (Å²) in [6, 6.07) is 23.7. The van der Waals surface area contributed by atoms with Crippen molar-refractivity contribution in [2.75, 3.05) is 35.8 Å². The molecule has 0 amide bonds. The number of carboxylic acid groups (broad SMARTS) is 1. The van der Waals surface area contributed by atoms with Crippen LogP contribution in [0, 0.1) is 24.2 Å². The molecule has 5 atom stereocenters. The summed E-state index contributed by atoms with van der Waals surface area (Å²) in [6.07, 6.45) is 23.0. The van der Waals surface area contributed by atoms with E-state index in [1.54, 1.807) is 26.0 Å². The lowest BCUT2D eigenvalue weighted by Crippen LogP contribution is -2.44. The van der Waals surface area contributed by atoms with E-state index >= 15 is 0 Å². The number of pyridine rings is 2. The zero-order valence-corrected chi connectivity index (χ0v) is 43.6. The van der Waals surface area contributed by atoms with Gasteiger partial charge in [0.2, 0.25) is 0 Å². The molecule has 388 valence electrons. The number of aromatic carboxylic acids is 1. The molecular formula is C58H85N9O4-2. The van der Waals surface area contributed by atoms with Crippen LogP contribution in [0.5, 0.6) is 0 Å². The van der Waals surface area contributed by atoms with E-state index in [0.717, 1.165) is 5.56 Å². The fraction of sp³-hybridized carbons (Fsp3) is 0.448. The van der Waals surface area contributed by atoms with E-state index in [-0.39, 0.29) is 49.0 Å². The number of hydrogen-bond acceptors (Lipinski definition) is 12. The van der Waals surface area contributed by atoms with Crippen molar-refractivity contribution in [2.24, 2.45) is 0 Å². The van der Waals surface area contributed by atoms with Crippen molar-refractivity contribution in [3.05, 3.63) is 163 Å². The predicted octanol–water partition coefficient (Wildman–Crippen LogP) is 11.5. The lowest BCUT2D eigenvalue weighted by molar-refractivity contribution is 0.0690. The van der Waals surface area contributed by atoms with E-state index in [1.807, 2.05) is 65.1 Å². The van der Waals surface area contributed by atoms with Crippen LogP contribution in [0.25, 0.3) is 0 Å². The number of fused-ring (bicyclic) bond motifs is 9. The highest BCUT2D eigenvalue weighted by atomic mass is 16.4. The molecule has 0 saturated carbocycles. The Labute approximate surface area is 428 Å². The van der Waals surface area contributed by atoms with Crippen molar-refractivity contribution in [2.45, 2.75) is 151 Å². The Kier molecular flexibility index (Phi) is 22.4. The number of aliphatic hydroxyl groups excluding tert-OH is 2. The van der Waals surface area contributed by atoms with Gasteiger partial charge in [0.15, 0.2) is 0 Å². The molecule has 0 bridgehead atoms. The largest absolute Gasteiger partial charge is 0.477 e. The van der Waals surface area contributed by atoms with Crippen molar-refractivity contribution < 1.29 is 20.1 Å². The summed E-state index contributed by atoms with van der Waals surface area (Å²) in [6.45, 7) is 25.0. The number of hydrogen-bond donors (Lipinski definition) is 3. The molecule has 2 aromatic carbocycles. The van der Waals surface area contributed by atoms with Gasteiger partial charge in [0.05, 0.1) is 23.8 Å². The topological polar surface area (TPSA) is 147 Å². The number of nitriles is 1. The number of anilines is 3. The minimum absolute atomic E-state index is 0. The van der Waals surface area contributed by atoms with Gasteiger partial charge in [-0.05, 0) is 73.9 Å². The molecule has 10 rings (SSSR count). The Morgan fingerprint density at radius 1 is 0.634 bits per heavy atom. The van der Waals surface area contributed by atoms with Gasteiger partial charge in [-0.1, -0.05) is 80.7 Å². The molecule has 3 N–H and O–H groups in total. The smallest absolute Gasteiger partial charge is 0.354 e. The number of benzene rings is 2. The number of aliphatic hydroxyl groups is 2. The SMILES string of the molecule is C.C.CC(O)CC(C)O.CN1C=CN2c3ccc(C#N)cc3C(C)(C)C12.CN1C=CN2c3ccccc3C(C)(C)C12.CN1C=CN2c3ccncc3C(C)(C)C12.C[CH-]C.C[CH-]C.O=C(O)c1ccccn1. The van der Waals surface area contributed by atoms with Gasteiger partial charge < -0.3 is 57.6 Å². The summed E-state index contributed by atoms with van der Waals surface area (Å²) in [5.41, 5.74) is 9.09. The second-order valence-corrected chi connectivity index (χ2v) is 19.8. The van der Waals surface area contributed by atoms with E-state index in [9.17, 15) is 4.79 Å². The van der Waals surface area contributed by atoms with E-state index in [4.69, 9.17) is 20.6 Å². The number of rotatable bonds is 3. The highest BCUT2D eigenvalue weighted by molar-refractivity contribution is 5.85. The van der Waals surface area contributed by atoms with Crippen LogP contribution in [0.3, 0.4) is 0 Å². The van der Waals surface area contributed by atoms with Gasteiger partial charge in [0.1, 0.15) is 24.2 Å². The summed E-state index contributed by atoms with van der Waals surface area (Å²) in [5.74, 6) is -0.990. The van der Waals surface area contributed by atoms with Crippen LogP contribution in [0.1, 0.15) is 137 Å². The first kappa shape index (κ1) is 60.8. The van der Waals surface area contributed by atoms with E-state index in [1.165, 1.54) is 46.0 Å². The molecule has 6 aliphatic heterocycles. The molecule has 13 nitrogen and oxygen atoms in total. The third-order valence-corrected chi connectivity index (χ3v) is 12.6. The van der Waals surface area contributed by atoms with Crippen molar-refractivity contribution >= 4 is 23.0 Å². The molecule has 4 aromatic rings. The highest BCUT2D eigenvalue weighted by Crippen LogP contribution is 2.50. The van der Waals surface area contributed by atoms with Gasteiger partial charge in [-0.3, -0.25) is 4.98 Å². The van der Waals surface area contributed by atoms with Gasteiger partial charge >= 0.3 is 5.97 Å². The fourth-order valence-electron chi connectivity index (χ4n) is 9.91. The maximum atomic E-state index is 10.1. The number of carboxylic acids is 1. The third-order valence-electron chi connectivity index (χ3n) is 12.6. The Bertz CT molecular complexity index is 2330. The first-order valence-electron chi connectivity index (χ1n) is 23.7. The molecule has 0 aliphatic carbocycles. The third kappa shape index (κ3) is 13.5. The summed E-state index contributed by atoms with van der Waals surface area (Å²) in [5, 5.41) is 34.5. The molecule has 8 heterocycles. The average molecular weight is 972 g/mol. The number of nitrogens with zero attached hydrogens (tertiary/aromatic N) is 9. The number of carbonyl (C=O) groups is 1. The van der Waals surface area contributed by atoms with Gasteiger partial charge in [-0.2, -0.15) is 33.0 Å². The van der Waals surface area contributed by atoms with Gasteiger partial charge in [-0.15, -0.1) is 0 Å². The number of aromatic nitrogens is 2. The van der Waals surface area contributed by atoms with Crippen molar-refractivity contribution in [1.29, 1.82) is 5.26 Å². The molecular weight excluding hydrogens is 887 g/mol. The summed E-state index contributed by atoms with van der Waals surface area (Å²) < 4.78 is 0. The summed E-state index contributed by atoms with van der Waals surface area (Å²) >= 11 is 0. The first-order valence-corrected chi connectivity index (χ1v) is 23.7.